The van der Waals surface area contributed by atoms with Gasteiger partial charge in [-0.3, -0.25) is 4.90 Å². The van der Waals surface area contributed by atoms with Crippen molar-refractivity contribution in [1.82, 2.24) is 10.2 Å². The Balaban J connectivity index is 2.35. The van der Waals surface area contributed by atoms with Crippen LogP contribution in [0.3, 0.4) is 0 Å². The van der Waals surface area contributed by atoms with Gasteiger partial charge < -0.3 is 5.32 Å². The predicted molar refractivity (Wildman–Crippen MR) is 75.4 cm³/mol. The summed E-state index contributed by atoms with van der Waals surface area (Å²) < 4.78 is 36.4. The van der Waals surface area contributed by atoms with E-state index in [0.717, 1.165) is 25.9 Å². The number of likely N-dealkylation sites (tertiary alicyclic amines) is 1. The van der Waals surface area contributed by atoms with Crippen molar-refractivity contribution in [2.75, 3.05) is 25.4 Å². The maximum Gasteiger partial charge on any atom is 0.441 e. The van der Waals surface area contributed by atoms with E-state index in [1.807, 2.05) is 0 Å². The van der Waals surface area contributed by atoms with Crippen LogP contribution in [0.2, 0.25) is 0 Å². The lowest BCUT2D eigenvalue weighted by Gasteiger charge is -2.43. The molecule has 0 saturated carbocycles. The molecule has 1 heterocycles. The molecule has 0 radical (unpaired) electrons. The standard InChI is InChI=1S/C13H25F3N2S/c1-4-6-17-12-5-7-18(11(3)10(12)2)8-9-19-13(14,15)16/h10-12,17H,4-9H2,1-3H3. The Kier molecular flexibility index (Phi) is 6.97. The van der Waals surface area contributed by atoms with E-state index in [4.69, 9.17) is 0 Å². The second kappa shape index (κ2) is 7.74. The number of nitrogens with one attached hydrogen (secondary N) is 1. The molecule has 1 aliphatic rings. The molecule has 1 saturated heterocycles. The first-order valence-electron chi connectivity index (χ1n) is 7.03. The number of alkyl halides is 3. The molecule has 0 bridgehead atoms. The second-order valence-corrected chi connectivity index (χ2v) is 6.44. The predicted octanol–water partition coefficient (Wildman–Crippen LogP) is 3.34. The van der Waals surface area contributed by atoms with Crippen molar-refractivity contribution >= 4 is 11.8 Å². The Hall–Kier alpha value is 0.0600. The first-order chi connectivity index (χ1) is 8.85. The summed E-state index contributed by atoms with van der Waals surface area (Å²) >= 11 is 0.0879. The van der Waals surface area contributed by atoms with E-state index in [1.54, 1.807) is 0 Å². The Morgan fingerprint density at radius 1 is 1.32 bits per heavy atom. The fourth-order valence-corrected chi connectivity index (χ4v) is 3.21. The van der Waals surface area contributed by atoms with Crippen molar-refractivity contribution in [2.24, 2.45) is 5.92 Å². The Labute approximate surface area is 118 Å². The van der Waals surface area contributed by atoms with Gasteiger partial charge in [0.1, 0.15) is 0 Å². The molecule has 6 heteroatoms. The molecule has 0 aliphatic carbocycles. The maximum absolute atomic E-state index is 12.1. The molecule has 3 unspecified atom stereocenters. The van der Waals surface area contributed by atoms with E-state index in [0.29, 0.717) is 24.5 Å². The average Bonchev–Trinajstić information content (AvgIpc) is 2.32. The first-order valence-corrected chi connectivity index (χ1v) is 8.01. The largest absolute Gasteiger partial charge is 0.441 e. The van der Waals surface area contributed by atoms with Crippen LogP contribution < -0.4 is 5.32 Å². The van der Waals surface area contributed by atoms with Crippen LogP contribution in [-0.4, -0.2) is 47.9 Å². The fourth-order valence-electron chi connectivity index (χ4n) is 2.65. The normalized spacial score (nSPS) is 29.7. The van der Waals surface area contributed by atoms with E-state index in [-0.39, 0.29) is 17.5 Å². The molecular formula is C13H25F3N2S. The summed E-state index contributed by atoms with van der Waals surface area (Å²) in [5.41, 5.74) is -4.10. The topological polar surface area (TPSA) is 15.3 Å². The van der Waals surface area contributed by atoms with Gasteiger partial charge in [0.25, 0.3) is 0 Å². The van der Waals surface area contributed by atoms with Crippen LogP contribution in [-0.2, 0) is 0 Å². The van der Waals surface area contributed by atoms with Gasteiger partial charge in [-0.05, 0) is 50.5 Å². The number of nitrogens with zero attached hydrogens (tertiary/aromatic N) is 1. The lowest BCUT2D eigenvalue weighted by molar-refractivity contribution is -0.0330. The zero-order valence-corrected chi connectivity index (χ0v) is 12.8. The van der Waals surface area contributed by atoms with Gasteiger partial charge in [-0.1, -0.05) is 13.8 Å². The van der Waals surface area contributed by atoms with Gasteiger partial charge in [0, 0.05) is 24.4 Å². The van der Waals surface area contributed by atoms with Crippen LogP contribution >= 0.6 is 11.8 Å². The first kappa shape index (κ1) is 17.1. The van der Waals surface area contributed by atoms with Crippen molar-refractivity contribution in [3.05, 3.63) is 0 Å². The Bertz CT molecular complexity index is 261. The minimum absolute atomic E-state index is 0.0879. The van der Waals surface area contributed by atoms with Gasteiger partial charge in [0.2, 0.25) is 0 Å². The molecule has 0 amide bonds. The van der Waals surface area contributed by atoms with Crippen molar-refractivity contribution in [3.63, 3.8) is 0 Å². The molecule has 0 aromatic rings. The fraction of sp³-hybridized carbons (Fsp3) is 1.00. The van der Waals surface area contributed by atoms with E-state index in [2.05, 4.69) is 31.0 Å². The highest BCUT2D eigenvalue weighted by atomic mass is 32.2. The van der Waals surface area contributed by atoms with Gasteiger partial charge in [-0.25, -0.2) is 0 Å². The highest BCUT2D eigenvalue weighted by Crippen LogP contribution is 2.31. The van der Waals surface area contributed by atoms with Gasteiger partial charge in [0.15, 0.2) is 0 Å². The maximum atomic E-state index is 12.1. The minimum atomic E-state index is -4.10. The summed E-state index contributed by atoms with van der Waals surface area (Å²) in [5, 5.41) is 3.54. The molecular weight excluding hydrogens is 273 g/mol. The molecule has 1 rings (SSSR count). The number of hydrogen-bond donors (Lipinski definition) is 1. The SMILES string of the molecule is CCCNC1CCN(CCSC(F)(F)F)C(C)C1C. The average molecular weight is 298 g/mol. The molecule has 1 fully saturated rings. The molecule has 3 atom stereocenters. The van der Waals surface area contributed by atoms with Crippen LogP contribution in [0.15, 0.2) is 0 Å². The molecule has 1 N–H and O–H groups in total. The van der Waals surface area contributed by atoms with Crippen molar-refractivity contribution in [2.45, 2.75) is 51.2 Å². The van der Waals surface area contributed by atoms with Gasteiger partial charge in [-0.2, -0.15) is 13.2 Å². The smallest absolute Gasteiger partial charge is 0.314 e. The minimum Gasteiger partial charge on any atom is -0.314 e. The summed E-state index contributed by atoms with van der Waals surface area (Å²) in [6.07, 6.45) is 2.14. The third kappa shape index (κ3) is 5.92. The summed E-state index contributed by atoms with van der Waals surface area (Å²) in [6.45, 7) is 8.90. The van der Waals surface area contributed by atoms with Crippen molar-refractivity contribution in [3.8, 4) is 0 Å². The summed E-state index contributed by atoms with van der Waals surface area (Å²) in [5.74, 6) is 0.615. The molecule has 2 nitrogen and oxygen atoms in total. The Morgan fingerprint density at radius 2 is 2.00 bits per heavy atom. The molecule has 0 aromatic heterocycles. The highest BCUT2D eigenvalue weighted by Gasteiger charge is 2.33. The number of rotatable bonds is 6. The highest BCUT2D eigenvalue weighted by molar-refractivity contribution is 8.00. The lowest BCUT2D eigenvalue weighted by atomic mass is 9.87. The number of piperidine rings is 1. The summed E-state index contributed by atoms with van der Waals surface area (Å²) in [4.78, 5) is 2.19. The summed E-state index contributed by atoms with van der Waals surface area (Å²) in [6, 6.07) is 0.846. The molecule has 0 spiro atoms. The monoisotopic (exact) mass is 298 g/mol. The van der Waals surface area contributed by atoms with Crippen molar-refractivity contribution in [1.29, 1.82) is 0 Å². The van der Waals surface area contributed by atoms with Crippen LogP contribution in [0, 0.1) is 5.92 Å². The number of halogens is 3. The van der Waals surface area contributed by atoms with Crippen LogP contribution in [0.5, 0.6) is 0 Å². The third-order valence-corrected chi connectivity index (χ3v) is 4.71. The number of thioether (sulfide) groups is 1. The zero-order valence-electron chi connectivity index (χ0n) is 12.0. The Morgan fingerprint density at radius 3 is 2.58 bits per heavy atom. The number of hydrogen-bond acceptors (Lipinski definition) is 3. The quantitative estimate of drug-likeness (QED) is 0.809. The third-order valence-electron chi connectivity index (χ3n) is 4.00. The lowest BCUT2D eigenvalue weighted by Crippen LogP contribution is -2.53. The summed E-state index contributed by atoms with van der Waals surface area (Å²) in [7, 11) is 0. The van der Waals surface area contributed by atoms with Crippen LogP contribution in [0.1, 0.15) is 33.6 Å². The molecule has 0 aromatic carbocycles. The molecule has 114 valence electrons. The van der Waals surface area contributed by atoms with E-state index < -0.39 is 5.51 Å². The van der Waals surface area contributed by atoms with Crippen LogP contribution in [0.4, 0.5) is 13.2 Å². The van der Waals surface area contributed by atoms with E-state index in [1.165, 1.54) is 0 Å². The van der Waals surface area contributed by atoms with Gasteiger partial charge in [0.05, 0.1) is 0 Å². The molecule has 1 aliphatic heterocycles. The second-order valence-electron chi connectivity index (χ2n) is 5.28. The zero-order chi connectivity index (χ0) is 14.5. The molecule has 19 heavy (non-hydrogen) atoms. The van der Waals surface area contributed by atoms with Crippen LogP contribution in [0.25, 0.3) is 0 Å². The van der Waals surface area contributed by atoms with E-state index in [9.17, 15) is 13.2 Å². The van der Waals surface area contributed by atoms with E-state index >= 15 is 0 Å². The van der Waals surface area contributed by atoms with Gasteiger partial charge in [-0.15, -0.1) is 0 Å². The van der Waals surface area contributed by atoms with Gasteiger partial charge >= 0.3 is 5.51 Å². The van der Waals surface area contributed by atoms with Crippen molar-refractivity contribution < 1.29 is 13.2 Å².